The Morgan fingerprint density at radius 3 is 1.90 bits per heavy atom. The molecule has 0 saturated heterocycles. The van der Waals surface area contributed by atoms with Gasteiger partial charge in [0.05, 0.1) is 11.4 Å². The summed E-state index contributed by atoms with van der Waals surface area (Å²) in [4.78, 5) is 51.8. The summed E-state index contributed by atoms with van der Waals surface area (Å²) in [6.07, 6.45) is 4.65. The topological polar surface area (TPSA) is 158 Å². The summed E-state index contributed by atoms with van der Waals surface area (Å²) in [5.41, 5.74) is 6.60. The van der Waals surface area contributed by atoms with Crippen LogP contribution < -0.4 is 21.7 Å². The van der Waals surface area contributed by atoms with Gasteiger partial charge in [-0.1, -0.05) is 0 Å². The van der Waals surface area contributed by atoms with Crippen LogP contribution in [0.4, 0.5) is 17.2 Å². The summed E-state index contributed by atoms with van der Waals surface area (Å²) in [5.74, 6) is -1.51. The summed E-state index contributed by atoms with van der Waals surface area (Å²) in [7, 11) is 4.91. The van der Waals surface area contributed by atoms with Crippen LogP contribution in [0.3, 0.4) is 0 Å². The number of aromatic nitrogens is 4. The van der Waals surface area contributed by atoms with Crippen molar-refractivity contribution in [3.8, 4) is 0 Å². The summed E-state index contributed by atoms with van der Waals surface area (Å²) in [6.45, 7) is 1.34. The van der Waals surface area contributed by atoms with Gasteiger partial charge in [-0.05, 0) is 12.1 Å². The average molecular weight is 426 g/mol. The Balaban J connectivity index is 1.73. The third-order valence-corrected chi connectivity index (χ3v) is 4.39. The highest BCUT2D eigenvalue weighted by Crippen LogP contribution is 2.18. The molecular formula is C19H22N8O4. The molecular weight excluding hydrogens is 404 g/mol. The lowest BCUT2D eigenvalue weighted by molar-refractivity contribution is -0.114. The number of imidazole rings is 1. The van der Waals surface area contributed by atoms with Gasteiger partial charge in [-0.2, -0.15) is 0 Å². The quantitative estimate of drug-likeness (QED) is 0.455. The first-order chi connectivity index (χ1) is 14.5. The van der Waals surface area contributed by atoms with Crippen molar-refractivity contribution in [2.45, 2.75) is 6.92 Å². The lowest BCUT2D eigenvalue weighted by atomic mass is 10.3. The molecule has 0 fully saturated rings. The van der Waals surface area contributed by atoms with Gasteiger partial charge in [0.15, 0.2) is 5.82 Å². The normalized spacial score (nSPS) is 10.6. The third-order valence-electron chi connectivity index (χ3n) is 4.39. The Morgan fingerprint density at radius 2 is 1.35 bits per heavy atom. The number of aryl methyl sites for hydroxylation is 3. The summed E-state index contributed by atoms with van der Waals surface area (Å²) in [5, 5.41) is 7.87. The molecule has 0 spiro atoms. The van der Waals surface area contributed by atoms with Gasteiger partial charge >= 0.3 is 0 Å². The van der Waals surface area contributed by atoms with Crippen LogP contribution in [-0.4, -0.2) is 42.3 Å². The Kier molecular flexibility index (Phi) is 5.64. The Morgan fingerprint density at radius 1 is 0.806 bits per heavy atom. The second kappa shape index (κ2) is 8.18. The van der Waals surface area contributed by atoms with Gasteiger partial charge in [-0.3, -0.25) is 19.2 Å². The lowest BCUT2D eigenvalue weighted by Gasteiger charge is -2.03. The number of carbonyl (C=O) groups excluding carboxylic acids is 4. The molecule has 5 N–H and O–H groups in total. The fourth-order valence-electron chi connectivity index (χ4n) is 3.04. The molecule has 3 aromatic rings. The van der Waals surface area contributed by atoms with Crippen LogP contribution in [0.15, 0.2) is 30.7 Å². The van der Waals surface area contributed by atoms with E-state index in [9.17, 15) is 19.2 Å². The van der Waals surface area contributed by atoms with E-state index in [0.717, 1.165) is 0 Å². The van der Waals surface area contributed by atoms with E-state index in [-0.39, 0.29) is 28.9 Å². The van der Waals surface area contributed by atoms with E-state index in [1.54, 1.807) is 38.1 Å². The first kappa shape index (κ1) is 21.4. The zero-order valence-electron chi connectivity index (χ0n) is 17.4. The molecule has 0 aliphatic carbocycles. The number of nitrogens with zero attached hydrogens (tertiary/aromatic N) is 4. The lowest BCUT2D eigenvalue weighted by Crippen LogP contribution is -2.16. The number of nitrogens with one attached hydrogen (secondary N) is 3. The molecule has 12 nitrogen and oxygen atoms in total. The Labute approximate surface area is 177 Å². The van der Waals surface area contributed by atoms with Crippen LogP contribution in [0.1, 0.15) is 38.5 Å². The second-order valence-corrected chi connectivity index (χ2v) is 6.96. The molecule has 0 bridgehead atoms. The van der Waals surface area contributed by atoms with Crippen molar-refractivity contribution in [3.05, 3.63) is 47.9 Å². The van der Waals surface area contributed by atoms with E-state index >= 15 is 0 Å². The maximum absolute atomic E-state index is 12.6. The number of amides is 4. The molecule has 3 rings (SSSR count). The van der Waals surface area contributed by atoms with Gasteiger partial charge in [0, 0.05) is 46.7 Å². The highest BCUT2D eigenvalue weighted by molar-refractivity contribution is 6.06. The largest absolute Gasteiger partial charge is 0.364 e. The predicted molar refractivity (Wildman–Crippen MR) is 113 cm³/mol. The van der Waals surface area contributed by atoms with Crippen LogP contribution in [0.5, 0.6) is 0 Å². The maximum Gasteiger partial charge on any atom is 0.291 e. The SMILES string of the molecule is CC(=O)Nc1cn(C)c(C(=O)Nc2cc(C(=O)Nc3cc(C(N)=O)n(C)c3)n(C)c2)n1. The number of primary amides is 1. The number of hydrogen-bond acceptors (Lipinski definition) is 5. The minimum Gasteiger partial charge on any atom is -0.364 e. The van der Waals surface area contributed by atoms with Crippen molar-refractivity contribution in [1.29, 1.82) is 0 Å². The molecule has 0 aliphatic rings. The van der Waals surface area contributed by atoms with Gasteiger partial charge in [-0.25, -0.2) is 4.98 Å². The minimum atomic E-state index is -0.609. The smallest absolute Gasteiger partial charge is 0.291 e. The zero-order valence-corrected chi connectivity index (χ0v) is 17.4. The fraction of sp³-hybridized carbons (Fsp3) is 0.211. The van der Waals surface area contributed by atoms with Gasteiger partial charge in [-0.15, -0.1) is 0 Å². The number of nitrogens with two attached hydrogens (primary N) is 1. The third kappa shape index (κ3) is 4.63. The van der Waals surface area contributed by atoms with Crippen molar-refractivity contribution >= 4 is 40.8 Å². The number of rotatable bonds is 6. The van der Waals surface area contributed by atoms with Gasteiger partial charge in [0.2, 0.25) is 11.7 Å². The Bertz CT molecular complexity index is 1200. The molecule has 0 atom stereocenters. The average Bonchev–Trinajstić information content (AvgIpc) is 3.31. The molecule has 4 amide bonds. The van der Waals surface area contributed by atoms with E-state index in [0.29, 0.717) is 11.4 Å². The highest BCUT2D eigenvalue weighted by atomic mass is 16.2. The molecule has 12 heteroatoms. The maximum atomic E-state index is 12.6. The predicted octanol–water partition coefficient (Wildman–Crippen LogP) is 0.659. The first-order valence-corrected chi connectivity index (χ1v) is 9.11. The summed E-state index contributed by atoms with van der Waals surface area (Å²) in [6, 6.07) is 2.97. The Hall–Kier alpha value is -4.35. The van der Waals surface area contributed by atoms with E-state index in [4.69, 9.17) is 5.73 Å². The van der Waals surface area contributed by atoms with E-state index in [1.807, 2.05) is 0 Å². The molecule has 162 valence electrons. The fourth-order valence-corrected chi connectivity index (χ4v) is 3.04. The van der Waals surface area contributed by atoms with Crippen molar-refractivity contribution in [1.82, 2.24) is 18.7 Å². The molecule has 0 aliphatic heterocycles. The van der Waals surface area contributed by atoms with Crippen LogP contribution in [0.2, 0.25) is 0 Å². The molecule has 0 aromatic carbocycles. The molecule has 0 saturated carbocycles. The number of anilines is 3. The first-order valence-electron chi connectivity index (χ1n) is 9.11. The molecule has 0 radical (unpaired) electrons. The molecule has 31 heavy (non-hydrogen) atoms. The standard InChI is InChI=1S/C19H22N8O4/c1-10(28)21-15-9-27(4)17(24-15)19(31)23-12-6-14(26(3)8-12)18(30)22-11-5-13(16(20)29)25(2)7-11/h5-9H,1-4H3,(H2,20,29)(H,21,28)(H,22,30)(H,23,31). The van der Waals surface area contributed by atoms with Crippen LogP contribution in [0, 0.1) is 0 Å². The van der Waals surface area contributed by atoms with Crippen molar-refractivity contribution in [2.24, 2.45) is 26.9 Å². The van der Waals surface area contributed by atoms with E-state index in [2.05, 4.69) is 20.9 Å². The van der Waals surface area contributed by atoms with Gasteiger partial charge < -0.3 is 35.4 Å². The van der Waals surface area contributed by atoms with E-state index < -0.39 is 17.7 Å². The van der Waals surface area contributed by atoms with Crippen molar-refractivity contribution in [2.75, 3.05) is 16.0 Å². The highest BCUT2D eigenvalue weighted by Gasteiger charge is 2.18. The monoisotopic (exact) mass is 426 g/mol. The molecule has 3 heterocycles. The molecule has 0 unspecified atom stereocenters. The van der Waals surface area contributed by atoms with Crippen molar-refractivity contribution < 1.29 is 19.2 Å². The van der Waals surface area contributed by atoms with Gasteiger partial charge in [0.25, 0.3) is 17.7 Å². The van der Waals surface area contributed by atoms with Crippen LogP contribution in [-0.2, 0) is 25.9 Å². The number of hydrogen-bond donors (Lipinski definition) is 4. The van der Waals surface area contributed by atoms with Gasteiger partial charge in [0.1, 0.15) is 11.4 Å². The zero-order chi connectivity index (χ0) is 22.9. The van der Waals surface area contributed by atoms with Crippen LogP contribution >= 0.6 is 0 Å². The van der Waals surface area contributed by atoms with Crippen molar-refractivity contribution in [3.63, 3.8) is 0 Å². The summed E-state index contributed by atoms with van der Waals surface area (Å²) < 4.78 is 4.53. The second-order valence-electron chi connectivity index (χ2n) is 6.96. The minimum absolute atomic E-state index is 0.0851. The van der Waals surface area contributed by atoms with Crippen LogP contribution in [0.25, 0.3) is 0 Å². The molecule has 3 aromatic heterocycles. The summed E-state index contributed by atoms with van der Waals surface area (Å²) >= 11 is 0. The number of carbonyl (C=O) groups is 4. The van der Waals surface area contributed by atoms with E-state index in [1.165, 1.54) is 34.4 Å².